The smallest absolute Gasteiger partial charge is 0.0642 e. The van der Waals surface area contributed by atoms with Crippen molar-refractivity contribution in [3.05, 3.63) is 28.8 Å². The van der Waals surface area contributed by atoms with E-state index >= 15 is 0 Å². The second-order valence-electron chi connectivity index (χ2n) is 4.57. The summed E-state index contributed by atoms with van der Waals surface area (Å²) in [6.45, 7) is 6.24. The van der Waals surface area contributed by atoms with Crippen LogP contribution in [0.1, 0.15) is 18.9 Å². The highest BCUT2D eigenvalue weighted by atomic mass is 35.5. The van der Waals surface area contributed by atoms with Gasteiger partial charge in [-0.3, -0.25) is 0 Å². The molecule has 1 rings (SSSR count). The van der Waals surface area contributed by atoms with Gasteiger partial charge in [0.2, 0.25) is 0 Å². The zero-order valence-corrected chi connectivity index (χ0v) is 13.1. The van der Waals surface area contributed by atoms with Crippen LogP contribution < -0.4 is 10.2 Å². The van der Waals surface area contributed by atoms with Crippen LogP contribution in [-0.2, 0) is 11.3 Å². The predicted octanol–water partition coefficient (Wildman–Crippen LogP) is 2.28. The molecule has 0 heterocycles. The quantitative estimate of drug-likeness (QED) is 0.651. The number of aliphatic hydroxyl groups is 1. The molecule has 0 amide bonds. The van der Waals surface area contributed by atoms with Crippen molar-refractivity contribution in [2.45, 2.75) is 19.9 Å². The summed E-state index contributed by atoms with van der Waals surface area (Å²) in [5.41, 5.74) is 2.24. The van der Waals surface area contributed by atoms with Gasteiger partial charge in [0.05, 0.1) is 17.3 Å². The molecule has 0 aliphatic heterocycles. The number of aliphatic hydroxyl groups excluding tert-OH is 1. The van der Waals surface area contributed by atoms with Gasteiger partial charge in [0.25, 0.3) is 0 Å². The monoisotopic (exact) mass is 300 g/mol. The van der Waals surface area contributed by atoms with Crippen molar-refractivity contribution < 1.29 is 9.84 Å². The summed E-state index contributed by atoms with van der Waals surface area (Å²) in [5.74, 6) is 0. The lowest BCUT2D eigenvalue weighted by atomic mass is 10.1. The highest BCUT2D eigenvalue weighted by molar-refractivity contribution is 6.33. The highest BCUT2D eigenvalue weighted by Crippen LogP contribution is 2.30. The van der Waals surface area contributed by atoms with Crippen LogP contribution in [0.3, 0.4) is 0 Å². The summed E-state index contributed by atoms with van der Waals surface area (Å²) in [7, 11) is 1.69. The van der Waals surface area contributed by atoms with E-state index in [1.807, 2.05) is 12.1 Å². The number of rotatable bonds is 10. The Labute approximate surface area is 126 Å². The van der Waals surface area contributed by atoms with Crippen molar-refractivity contribution in [3.63, 3.8) is 0 Å². The Kier molecular flexibility index (Phi) is 8.62. The first-order chi connectivity index (χ1) is 9.74. The first-order valence-corrected chi connectivity index (χ1v) is 7.45. The number of halogens is 1. The molecule has 0 atom stereocenters. The standard InChI is InChI=1S/C15H25ClN2O2/c1-3-18(9-5-10-19)15-13(6-4-7-14(15)16)12-17-8-11-20-2/h4,6-7,17,19H,3,5,8-12H2,1-2H3. The number of benzene rings is 1. The summed E-state index contributed by atoms with van der Waals surface area (Å²) in [6, 6.07) is 5.97. The van der Waals surface area contributed by atoms with E-state index in [-0.39, 0.29) is 6.61 Å². The second-order valence-corrected chi connectivity index (χ2v) is 4.98. The second kappa shape index (κ2) is 10.00. The van der Waals surface area contributed by atoms with E-state index in [4.69, 9.17) is 21.4 Å². The van der Waals surface area contributed by atoms with Crippen molar-refractivity contribution in [3.8, 4) is 0 Å². The van der Waals surface area contributed by atoms with E-state index < -0.39 is 0 Å². The molecule has 0 aliphatic rings. The maximum atomic E-state index is 9.01. The van der Waals surface area contributed by atoms with Crippen LogP contribution in [0, 0.1) is 0 Å². The third kappa shape index (κ3) is 5.29. The SMILES string of the molecule is CCN(CCCO)c1c(Cl)cccc1CNCCOC. The van der Waals surface area contributed by atoms with Gasteiger partial charge in [0, 0.05) is 39.9 Å². The van der Waals surface area contributed by atoms with E-state index in [1.54, 1.807) is 7.11 Å². The average molecular weight is 301 g/mol. The number of ether oxygens (including phenoxy) is 1. The lowest BCUT2D eigenvalue weighted by Crippen LogP contribution is -2.27. The molecule has 114 valence electrons. The maximum Gasteiger partial charge on any atom is 0.0642 e. The number of hydrogen-bond donors (Lipinski definition) is 2. The zero-order chi connectivity index (χ0) is 14.8. The van der Waals surface area contributed by atoms with Gasteiger partial charge in [-0.2, -0.15) is 0 Å². The molecule has 1 aromatic carbocycles. The van der Waals surface area contributed by atoms with Crippen molar-refractivity contribution in [2.24, 2.45) is 0 Å². The molecule has 2 N–H and O–H groups in total. The fourth-order valence-electron chi connectivity index (χ4n) is 2.14. The normalized spacial score (nSPS) is 10.8. The Morgan fingerprint density at radius 2 is 2.20 bits per heavy atom. The minimum Gasteiger partial charge on any atom is -0.396 e. The minimum atomic E-state index is 0.197. The molecule has 0 bridgehead atoms. The maximum absolute atomic E-state index is 9.01. The van der Waals surface area contributed by atoms with Crippen LogP contribution in [0.2, 0.25) is 5.02 Å². The predicted molar refractivity (Wildman–Crippen MR) is 84.6 cm³/mol. The molecule has 5 heteroatoms. The lowest BCUT2D eigenvalue weighted by molar-refractivity contribution is 0.199. The van der Waals surface area contributed by atoms with Gasteiger partial charge >= 0.3 is 0 Å². The van der Waals surface area contributed by atoms with E-state index in [0.29, 0.717) is 6.61 Å². The van der Waals surface area contributed by atoms with Gasteiger partial charge in [0.1, 0.15) is 0 Å². The summed E-state index contributed by atoms with van der Waals surface area (Å²) in [6.07, 6.45) is 0.746. The van der Waals surface area contributed by atoms with Gasteiger partial charge in [0.15, 0.2) is 0 Å². The molecular weight excluding hydrogens is 276 g/mol. The molecule has 1 aromatic rings. The van der Waals surface area contributed by atoms with Crippen LogP contribution in [-0.4, -0.2) is 45.1 Å². The van der Waals surface area contributed by atoms with Crippen molar-refractivity contribution in [1.29, 1.82) is 0 Å². The molecule has 0 saturated heterocycles. The van der Waals surface area contributed by atoms with E-state index in [0.717, 1.165) is 43.3 Å². The molecule has 0 unspecified atom stereocenters. The average Bonchev–Trinajstić information content (AvgIpc) is 2.46. The topological polar surface area (TPSA) is 44.7 Å². The fourth-order valence-corrected chi connectivity index (χ4v) is 2.46. The molecule has 0 spiro atoms. The molecule has 0 saturated carbocycles. The lowest BCUT2D eigenvalue weighted by Gasteiger charge is -2.27. The van der Waals surface area contributed by atoms with E-state index in [1.165, 1.54) is 5.56 Å². The summed E-state index contributed by atoms with van der Waals surface area (Å²) >= 11 is 6.37. The first kappa shape index (κ1) is 17.2. The van der Waals surface area contributed by atoms with Crippen LogP contribution in [0.4, 0.5) is 5.69 Å². The third-order valence-electron chi connectivity index (χ3n) is 3.15. The Balaban J connectivity index is 2.80. The van der Waals surface area contributed by atoms with Gasteiger partial charge in [-0.25, -0.2) is 0 Å². The van der Waals surface area contributed by atoms with Gasteiger partial charge in [-0.15, -0.1) is 0 Å². The zero-order valence-electron chi connectivity index (χ0n) is 12.4. The van der Waals surface area contributed by atoms with Gasteiger partial charge < -0.3 is 20.1 Å². The minimum absolute atomic E-state index is 0.197. The van der Waals surface area contributed by atoms with Crippen molar-refractivity contribution in [1.82, 2.24) is 5.32 Å². The summed E-state index contributed by atoms with van der Waals surface area (Å²) < 4.78 is 5.03. The molecule has 20 heavy (non-hydrogen) atoms. The molecular formula is C15H25ClN2O2. The number of anilines is 1. The van der Waals surface area contributed by atoms with Crippen LogP contribution in [0.5, 0.6) is 0 Å². The van der Waals surface area contributed by atoms with Crippen LogP contribution in [0.15, 0.2) is 18.2 Å². The Morgan fingerprint density at radius 3 is 2.85 bits per heavy atom. The highest BCUT2D eigenvalue weighted by Gasteiger charge is 2.13. The number of para-hydroxylation sites is 1. The Morgan fingerprint density at radius 1 is 1.40 bits per heavy atom. The Bertz CT molecular complexity index is 388. The fraction of sp³-hybridized carbons (Fsp3) is 0.600. The van der Waals surface area contributed by atoms with E-state index in [2.05, 4.69) is 23.2 Å². The molecule has 0 radical (unpaired) electrons. The molecule has 0 aromatic heterocycles. The molecule has 4 nitrogen and oxygen atoms in total. The van der Waals surface area contributed by atoms with Crippen molar-refractivity contribution >= 4 is 17.3 Å². The third-order valence-corrected chi connectivity index (χ3v) is 3.46. The summed E-state index contributed by atoms with van der Waals surface area (Å²) in [4.78, 5) is 2.21. The van der Waals surface area contributed by atoms with E-state index in [9.17, 15) is 0 Å². The van der Waals surface area contributed by atoms with Gasteiger partial charge in [-0.1, -0.05) is 23.7 Å². The number of nitrogens with one attached hydrogen (secondary N) is 1. The number of methoxy groups -OCH3 is 1. The summed E-state index contributed by atoms with van der Waals surface area (Å²) in [5, 5.41) is 13.1. The molecule has 0 fully saturated rings. The van der Waals surface area contributed by atoms with Crippen molar-refractivity contribution in [2.75, 3.05) is 44.9 Å². The van der Waals surface area contributed by atoms with Crippen LogP contribution >= 0.6 is 11.6 Å². The first-order valence-electron chi connectivity index (χ1n) is 7.07. The largest absolute Gasteiger partial charge is 0.396 e. The Hall–Kier alpha value is -0.810. The van der Waals surface area contributed by atoms with Gasteiger partial charge in [-0.05, 0) is 25.0 Å². The molecule has 0 aliphatic carbocycles. The van der Waals surface area contributed by atoms with Crippen LogP contribution in [0.25, 0.3) is 0 Å². The number of nitrogens with zero attached hydrogens (tertiary/aromatic N) is 1. The number of hydrogen-bond acceptors (Lipinski definition) is 4.